The molecule has 0 atom stereocenters. The third kappa shape index (κ3) is 5.15. The Balaban J connectivity index is 1.56. The minimum Gasteiger partial charge on any atom is -0.338 e. The van der Waals surface area contributed by atoms with Crippen LogP contribution in [0.4, 0.5) is 11.6 Å². The van der Waals surface area contributed by atoms with E-state index in [4.69, 9.17) is 11.6 Å². The molecule has 0 saturated carbocycles. The molecule has 0 aliphatic carbocycles. The van der Waals surface area contributed by atoms with Crippen LogP contribution in [0.2, 0.25) is 5.02 Å². The van der Waals surface area contributed by atoms with Crippen molar-refractivity contribution in [1.82, 2.24) is 14.9 Å². The zero-order chi connectivity index (χ0) is 19.4. The first-order valence-corrected chi connectivity index (χ1v) is 10.6. The Kier molecular flexibility index (Phi) is 5.93. The molecule has 0 radical (unpaired) electrons. The van der Waals surface area contributed by atoms with E-state index in [2.05, 4.69) is 20.2 Å². The maximum absolute atomic E-state index is 12.3. The lowest BCUT2D eigenvalue weighted by molar-refractivity contribution is -0.117. The lowest BCUT2D eigenvalue weighted by atomic mass is 10.3. The lowest BCUT2D eigenvalue weighted by Crippen LogP contribution is -2.49. The molecule has 0 bridgehead atoms. The van der Waals surface area contributed by atoms with Gasteiger partial charge < -0.3 is 10.2 Å². The predicted octanol–water partition coefficient (Wildman–Crippen LogP) is 1.29. The molecule has 1 aliphatic heterocycles. The van der Waals surface area contributed by atoms with E-state index in [-0.39, 0.29) is 17.3 Å². The Morgan fingerprint density at radius 1 is 1.19 bits per heavy atom. The number of aromatic nitrogens is 2. The molecule has 144 valence electrons. The number of carbonyl (C=O) groups excluding carboxylic acids is 1. The van der Waals surface area contributed by atoms with Gasteiger partial charge in [0.15, 0.2) is 9.84 Å². The maximum atomic E-state index is 12.3. The van der Waals surface area contributed by atoms with E-state index in [1.54, 1.807) is 18.5 Å². The summed E-state index contributed by atoms with van der Waals surface area (Å²) in [4.78, 5) is 25.0. The van der Waals surface area contributed by atoms with E-state index in [0.29, 0.717) is 29.7 Å². The van der Waals surface area contributed by atoms with Gasteiger partial charge in [0, 0.05) is 44.8 Å². The van der Waals surface area contributed by atoms with Crippen molar-refractivity contribution in [2.45, 2.75) is 4.90 Å². The molecule has 1 saturated heterocycles. The van der Waals surface area contributed by atoms with Crippen LogP contribution in [0.3, 0.4) is 0 Å². The number of nitrogens with one attached hydrogen (secondary N) is 1. The molecule has 0 spiro atoms. The number of piperazine rings is 1. The molecular formula is C17H20ClN5O3S. The Morgan fingerprint density at radius 3 is 2.48 bits per heavy atom. The molecule has 2 aromatic rings. The van der Waals surface area contributed by atoms with Gasteiger partial charge in [0.25, 0.3) is 0 Å². The molecule has 10 heteroatoms. The van der Waals surface area contributed by atoms with Gasteiger partial charge in [-0.15, -0.1) is 0 Å². The van der Waals surface area contributed by atoms with Crippen molar-refractivity contribution in [3.05, 3.63) is 41.7 Å². The molecule has 1 aromatic carbocycles. The van der Waals surface area contributed by atoms with Gasteiger partial charge in [0.1, 0.15) is 0 Å². The molecule has 1 N–H and O–H groups in total. The highest BCUT2D eigenvalue weighted by molar-refractivity contribution is 7.90. The summed E-state index contributed by atoms with van der Waals surface area (Å²) in [5.74, 6) is 0.443. The number of sulfone groups is 1. The summed E-state index contributed by atoms with van der Waals surface area (Å²) in [7, 11) is -3.38. The van der Waals surface area contributed by atoms with E-state index in [0.717, 1.165) is 19.3 Å². The highest BCUT2D eigenvalue weighted by Gasteiger charge is 2.21. The van der Waals surface area contributed by atoms with Crippen molar-refractivity contribution in [1.29, 1.82) is 0 Å². The number of rotatable bonds is 5. The van der Waals surface area contributed by atoms with E-state index in [9.17, 15) is 13.2 Å². The summed E-state index contributed by atoms with van der Waals surface area (Å²) in [6.07, 6.45) is 4.52. The van der Waals surface area contributed by atoms with Gasteiger partial charge in [-0.3, -0.25) is 9.69 Å². The fraction of sp³-hybridized carbons (Fsp3) is 0.353. The summed E-state index contributed by atoms with van der Waals surface area (Å²) in [6, 6.07) is 6.03. The predicted molar refractivity (Wildman–Crippen MR) is 104 cm³/mol. The smallest absolute Gasteiger partial charge is 0.238 e. The van der Waals surface area contributed by atoms with Crippen LogP contribution in [-0.4, -0.2) is 68.2 Å². The largest absolute Gasteiger partial charge is 0.338 e. The number of nitrogens with zero attached hydrogens (tertiary/aromatic N) is 4. The number of carbonyl (C=O) groups is 1. The van der Waals surface area contributed by atoms with Crippen molar-refractivity contribution in [3.8, 4) is 0 Å². The Hall–Kier alpha value is -2.23. The first-order chi connectivity index (χ1) is 12.8. The van der Waals surface area contributed by atoms with Crippen LogP contribution in [-0.2, 0) is 14.6 Å². The molecule has 1 amide bonds. The van der Waals surface area contributed by atoms with Crippen molar-refractivity contribution in [2.75, 3.05) is 49.2 Å². The van der Waals surface area contributed by atoms with Crippen molar-refractivity contribution in [2.24, 2.45) is 0 Å². The molecule has 0 unspecified atom stereocenters. The number of hydrogen-bond donors (Lipinski definition) is 1. The second-order valence-electron chi connectivity index (χ2n) is 6.27. The van der Waals surface area contributed by atoms with Crippen LogP contribution < -0.4 is 10.2 Å². The molecule has 2 heterocycles. The van der Waals surface area contributed by atoms with Gasteiger partial charge in [0.05, 0.1) is 22.2 Å². The number of benzene rings is 1. The molecule has 27 heavy (non-hydrogen) atoms. The normalized spacial score (nSPS) is 15.6. The highest BCUT2D eigenvalue weighted by atomic mass is 35.5. The molecule has 1 aliphatic rings. The SMILES string of the molecule is CS(=O)(=O)c1ccc(Cl)c(NC(=O)CN2CCN(c3ncccn3)CC2)c1. The van der Waals surface area contributed by atoms with E-state index >= 15 is 0 Å². The number of anilines is 2. The van der Waals surface area contributed by atoms with Crippen LogP contribution in [0, 0.1) is 0 Å². The van der Waals surface area contributed by atoms with Crippen LogP contribution in [0.25, 0.3) is 0 Å². The highest BCUT2D eigenvalue weighted by Crippen LogP contribution is 2.25. The average molecular weight is 410 g/mol. The second-order valence-corrected chi connectivity index (χ2v) is 8.70. The fourth-order valence-corrected chi connectivity index (χ4v) is 3.60. The first kappa shape index (κ1) is 19.5. The third-order valence-corrected chi connectivity index (χ3v) is 5.65. The van der Waals surface area contributed by atoms with Crippen LogP contribution >= 0.6 is 11.6 Å². The molecular weight excluding hydrogens is 390 g/mol. The Morgan fingerprint density at radius 2 is 1.85 bits per heavy atom. The van der Waals surface area contributed by atoms with Crippen LogP contribution in [0.1, 0.15) is 0 Å². The Labute approximate surface area is 163 Å². The van der Waals surface area contributed by atoms with E-state index in [1.165, 1.54) is 18.2 Å². The number of hydrogen-bond acceptors (Lipinski definition) is 7. The monoisotopic (exact) mass is 409 g/mol. The molecule has 8 nitrogen and oxygen atoms in total. The molecule has 3 rings (SSSR count). The zero-order valence-electron chi connectivity index (χ0n) is 14.8. The summed E-state index contributed by atoms with van der Waals surface area (Å²) in [5, 5.41) is 2.99. The lowest BCUT2D eigenvalue weighted by Gasteiger charge is -2.34. The van der Waals surface area contributed by atoms with Gasteiger partial charge >= 0.3 is 0 Å². The quantitative estimate of drug-likeness (QED) is 0.794. The molecule has 1 aromatic heterocycles. The van der Waals surface area contributed by atoms with Crippen LogP contribution in [0.15, 0.2) is 41.6 Å². The fourth-order valence-electron chi connectivity index (χ4n) is 2.78. The van der Waals surface area contributed by atoms with Gasteiger partial charge in [-0.05, 0) is 24.3 Å². The summed E-state index contributed by atoms with van der Waals surface area (Å²) in [5.41, 5.74) is 0.293. The average Bonchev–Trinajstić information content (AvgIpc) is 2.64. The second kappa shape index (κ2) is 8.20. The number of amides is 1. The number of halogens is 1. The summed E-state index contributed by atoms with van der Waals surface area (Å²) < 4.78 is 23.3. The minimum atomic E-state index is -3.38. The maximum Gasteiger partial charge on any atom is 0.238 e. The summed E-state index contributed by atoms with van der Waals surface area (Å²) >= 11 is 6.08. The van der Waals surface area contributed by atoms with Crippen LogP contribution in [0.5, 0.6) is 0 Å². The van der Waals surface area contributed by atoms with Crippen molar-refractivity contribution >= 4 is 39.0 Å². The third-order valence-electron chi connectivity index (χ3n) is 4.21. The Bertz CT molecular complexity index is 915. The zero-order valence-corrected chi connectivity index (χ0v) is 16.4. The van der Waals surface area contributed by atoms with E-state index < -0.39 is 9.84 Å². The topological polar surface area (TPSA) is 95.5 Å². The van der Waals surface area contributed by atoms with Gasteiger partial charge in [-0.25, -0.2) is 18.4 Å². The van der Waals surface area contributed by atoms with Gasteiger partial charge in [0.2, 0.25) is 11.9 Å². The van der Waals surface area contributed by atoms with Gasteiger partial charge in [-0.1, -0.05) is 11.6 Å². The van der Waals surface area contributed by atoms with E-state index in [1.807, 2.05) is 4.90 Å². The minimum absolute atomic E-state index is 0.110. The van der Waals surface area contributed by atoms with Gasteiger partial charge in [-0.2, -0.15) is 0 Å². The van der Waals surface area contributed by atoms with Crippen molar-refractivity contribution in [3.63, 3.8) is 0 Å². The summed E-state index contributed by atoms with van der Waals surface area (Å²) in [6.45, 7) is 3.04. The standard InChI is InChI=1S/C17H20ClN5O3S/c1-27(25,26)13-3-4-14(18)15(11-13)21-16(24)12-22-7-9-23(10-8-22)17-19-5-2-6-20-17/h2-6,11H,7-10,12H2,1H3,(H,21,24). The van der Waals surface area contributed by atoms with Crippen molar-refractivity contribution < 1.29 is 13.2 Å². The first-order valence-electron chi connectivity index (χ1n) is 8.37. The molecule has 1 fully saturated rings.